The maximum atomic E-state index is 5.75. The molecule has 0 saturated carbocycles. The second-order valence-corrected chi connectivity index (χ2v) is 7.33. The molecular weight excluding hydrogens is 464 g/mol. The van der Waals surface area contributed by atoms with E-state index in [1.807, 2.05) is 18.2 Å². The summed E-state index contributed by atoms with van der Waals surface area (Å²) in [6.07, 6.45) is 0.724. The predicted octanol–water partition coefficient (Wildman–Crippen LogP) is 4.73. The van der Waals surface area contributed by atoms with Crippen molar-refractivity contribution in [1.82, 2.24) is 5.43 Å². The summed E-state index contributed by atoms with van der Waals surface area (Å²) < 4.78 is 8.45. The number of hydrogen-bond donors (Lipinski definition) is 2. The SMILES string of the molecule is COc1ccc(Br)cc1CC(NN)c1cc(Br)cc(Br)c1. The molecule has 0 radical (unpaired) electrons. The van der Waals surface area contributed by atoms with E-state index in [0.717, 1.165) is 36.7 Å². The first-order valence-corrected chi connectivity index (χ1v) is 8.66. The highest BCUT2D eigenvalue weighted by Crippen LogP contribution is 2.30. The molecule has 0 aliphatic heterocycles. The van der Waals surface area contributed by atoms with Crippen molar-refractivity contribution in [3.8, 4) is 5.75 Å². The van der Waals surface area contributed by atoms with Crippen LogP contribution in [-0.2, 0) is 6.42 Å². The van der Waals surface area contributed by atoms with Gasteiger partial charge in [-0.1, -0.05) is 47.8 Å². The number of benzene rings is 2. The first kappa shape index (κ1) is 17.0. The highest BCUT2D eigenvalue weighted by atomic mass is 79.9. The van der Waals surface area contributed by atoms with Gasteiger partial charge in [0.05, 0.1) is 13.2 Å². The normalized spacial score (nSPS) is 12.2. The molecule has 0 bridgehead atoms. The Morgan fingerprint density at radius 2 is 1.71 bits per heavy atom. The lowest BCUT2D eigenvalue weighted by Crippen LogP contribution is -2.29. The minimum absolute atomic E-state index is 0.0120. The van der Waals surface area contributed by atoms with Crippen LogP contribution in [0.5, 0.6) is 5.75 Å². The van der Waals surface area contributed by atoms with Gasteiger partial charge in [-0.2, -0.15) is 0 Å². The van der Waals surface area contributed by atoms with Crippen LogP contribution in [0.25, 0.3) is 0 Å². The molecule has 2 aromatic carbocycles. The van der Waals surface area contributed by atoms with Gasteiger partial charge in [0.25, 0.3) is 0 Å². The number of methoxy groups -OCH3 is 1. The average Bonchev–Trinajstić information content (AvgIpc) is 2.43. The molecular formula is C15H15Br3N2O. The fraction of sp³-hybridized carbons (Fsp3) is 0.200. The smallest absolute Gasteiger partial charge is 0.122 e. The maximum absolute atomic E-state index is 5.75. The van der Waals surface area contributed by atoms with E-state index in [2.05, 4.69) is 71.4 Å². The Morgan fingerprint density at radius 3 is 2.29 bits per heavy atom. The maximum Gasteiger partial charge on any atom is 0.122 e. The number of nitrogens with two attached hydrogens (primary N) is 1. The van der Waals surface area contributed by atoms with Crippen molar-refractivity contribution in [1.29, 1.82) is 0 Å². The van der Waals surface area contributed by atoms with E-state index in [9.17, 15) is 0 Å². The molecule has 0 aliphatic rings. The second kappa shape index (κ2) is 7.74. The Hall–Kier alpha value is -0.400. The molecule has 0 spiro atoms. The molecule has 0 aliphatic carbocycles. The molecule has 0 aromatic heterocycles. The topological polar surface area (TPSA) is 47.3 Å². The fourth-order valence-corrected chi connectivity index (χ4v) is 3.91. The largest absolute Gasteiger partial charge is 0.496 e. The predicted molar refractivity (Wildman–Crippen MR) is 96.3 cm³/mol. The van der Waals surface area contributed by atoms with Crippen molar-refractivity contribution < 1.29 is 4.74 Å². The minimum atomic E-state index is -0.0120. The van der Waals surface area contributed by atoms with Gasteiger partial charge in [-0.15, -0.1) is 0 Å². The van der Waals surface area contributed by atoms with Crippen LogP contribution in [0.3, 0.4) is 0 Å². The van der Waals surface area contributed by atoms with Crippen LogP contribution in [0.4, 0.5) is 0 Å². The summed E-state index contributed by atoms with van der Waals surface area (Å²) >= 11 is 10.5. The summed E-state index contributed by atoms with van der Waals surface area (Å²) in [7, 11) is 1.67. The Balaban J connectivity index is 2.32. The third-order valence-electron chi connectivity index (χ3n) is 3.15. The number of halogens is 3. The Labute approximate surface area is 149 Å². The summed E-state index contributed by atoms with van der Waals surface area (Å²) in [4.78, 5) is 0. The number of hydrazine groups is 1. The molecule has 6 heteroatoms. The molecule has 1 atom stereocenters. The zero-order chi connectivity index (χ0) is 15.4. The van der Waals surface area contributed by atoms with Crippen LogP contribution in [0.15, 0.2) is 49.8 Å². The van der Waals surface area contributed by atoms with Crippen LogP contribution in [0.2, 0.25) is 0 Å². The Bertz CT molecular complexity index is 614. The van der Waals surface area contributed by atoms with Gasteiger partial charge in [0.1, 0.15) is 5.75 Å². The summed E-state index contributed by atoms with van der Waals surface area (Å²) in [5.74, 6) is 6.60. The van der Waals surface area contributed by atoms with Crippen LogP contribution in [0, 0.1) is 0 Å². The lowest BCUT2D eigenvalue weighted by atomic mass is 9.99. The average molecular weight is 479 g/mol. The first-order valence-electron chi connectivity index (χ1n) is 6.28. The second-order valence-electron chi connectivity index (χ2n) is 4.58. The van der Waals surface area contributed by atoms with Crippen molar-refractivity contribution in [2.45, 2.75) is 12.5 Å². The molecule has 0 saturated heterocycles. The Morgan fingerprint density at radius 1 is 1.05 bits per heavy atom. The van der Waals surface area contributed by atoms with Gasteiger partial charge < -0.3 is 4.74 Å². The first-order chi connectivity index (χ1) is 10.0. The number of hydrogen-bond acceptors (Lipinski definition) is 3. The summed E-state index contributed by atoms with van der Waals surface area (Å²) in [5.41, 5.74) is 5.07. The molecule has 21 heavy (non-hydrogen) atoms. The van der Waals surface area contributed by atoms with Crippen molar-refractivity contribution >= 4 is 47.8 Å². The van der Waals surface area contributed by atoms with Crippen molar-refractivity contribution in [2.75, 3.05) is 7.11 Å². The fourth-order valence-electron chi connectivity index (χ4n) is 2.18. The lowest BCUT2D eigenvalue weighted by molar-refractivity contribution is 0.405. The van der Waals surface area contributed by atoms with Gasteiger partial charge in [0, 0.05) is 13.4 Å². The summed E-state index contributed by atoms with van der Waals surface area (Å²) in [6, 6.07) is 12.1. The van der Waals surface area contributed by atoms with E-state index in [1.54, 1.807) is 7.11 Å². The van der Waals surface area contributed by atoms with Crippen LogP contribution < -0.4 is 16.0 Å². The zero-order valence-electron chi connectivity index (χ0n) is 11.4. The third-order valence-corrected chi connectivity index (χ3v) is 4.56. The van der Waals surface area contributed by atoms with Crippen LogP contribution in [-0.4, -0.2) is 7.11 Å². The molecule has 3 nitrogen and oxygen atoms in total. The molecule has 2 rings (SSSR count). The van der Waals surface area contributed by atoms with E-state index >= 15 is 0 Å². The van der Waals surface area contributed by atoms with Gasteiger partial charge in [-0.25, -0.2) is 0 Å². The van der Waals surface area contributed by atoms with Gasteiger partial charge in [0.2, 0.25) is 0 Å². The van der Waals surface area contributed by atoms with Crippen LogP contribution in [0.1, 0.15) is 17.2 Å². The van der Waals surface area contributed by atoms with Gasteiger partial charge in [0.15, 0.2) is 0 Å². The van der Waals surface area contributed by atoms with Gasteiger partial charge >= 0.3 is 0 Å². The van der Waals surface area contributed by atoms with E-state index in [-0.39, 0.29) is 6.04 Å². The van der Waals surface area contributed by atoms with E-state index in [1.165, 1.54) is 0 Å². The van der Waals surface area contributed by atoms with Crippen molar-refractivity contribution in [3.63, 3.8) is 0 Å². The minimum Gasteiger partial charge on any atom is -0.496 e. The van der Waals surface area contributed by atoms with E-state index in [4.69, 9.17) is 10.6 Å². The monoisotopic (exact) mass is 476 g/mol. The molecule has 0 amide bonds. The number of ether oxygens (including phenoxy) is 1. The molecule has 0 fully saturated rings. The van der Waals surface area contributed by atoms with E-state index < -0.39 is 0 Å². The lowest BCUT2D eigenvalue weighted by Gasteiger charge is -2.19. The number of nitrogens with one attached hydrogen (secondary N) is 1. The quantitative estimate of drug-likeness (QED) is 0.482. The zero-order valence-corrected chi connectivity index (χ0v) is 16.1. The van der Waals surface area contributed by atoms with Crippen LogP contribution >= 0.6 is 47.8 Å². The van der Waals surface area contributed by atoms with Crippen molar-refractivity contribution in [3.05, 3.63) is 60.9 Å². The highest BCUT2D eigenvalue weighted by molar-refractivity contribution is 9.11. The Kier molecular flexibility index (Phi) is 6.25. The van der Waals surface area contributed by atoms with Gasteiger partial charge in [-0.3, -0.25) is 11.3 Å². The summed E-state index contributed by atoms with van der Waals surface area (Å²) in [5, 5.41) is 0. The standard InChI is InChI=1S/C15H15Br3N2O/c1-21-15-3-2-11(16)6-10(15)7-14(20-19)9-4-12(17)8-13(18)5-9/h2-6,8,14,20H,7,19H2,1H3. The molecule has 3 N–H and O–H groups in total. The van der Waals surface area contributed by atoms with E-state index in [0.29, 0.717) is 0 Å². The summed E-state index contributed by atoms with van der Waals surface area (Å²) in [6.45, 7) is 0. The number of rotatable bonds is 5. The molecule has 0 heterocycles. The molecule has 2 aromatic rings. The third kappa shape index (κ3) is 4.53. The van der Waals surface area contributed by atoms with Crippen molar-refractivity contribution in [2.24, 2.45) is 5.84 Å². The van der Waals surface area contributed by atoms with Gasteiger partial charge in [-0.05, 0) is 53.9 Å². The molecule has 112 valence electrons. The molecule has 1 unspecified atom stereocenters. The highest BCUT2D eigenvalue weighted by Gasteiger charge is 2.15.